The number of ether oxygens (including phenoxy) is 1. The molecule has 3 N–H and O–H groups in total. The van der Waals surface area contributed by atoms with Gasteiger partial charge in [0.1, 0.15) is 18.5 Å². The molecule has 42 heavy (non-hydrogen) atoms. The number of thiazole rings is 1. The summed E-state index contributed by atoms with van der Waals surface area (Å²) in [6.07, 6.45) is -0.576. The standard InChI is InChI=1S/C31H33N7O3S/c1-21-32-27-17-24(11-12-28(27)42-21)40-20-23(39)18-37-13-15-38(16-14-37)19-29-33-30(36-41-29)31(22-7-3-2-4-8-22)34-25-9-5-6-10-26(25)35-31/h2-12,17,23,34-35,39H,13-16,18-20H2,1H3. The van der Waals surface area contributed by atoms with Crippen molar-refractivity contribution in [3.05, 3.63) is 95.1 Å². The van der Waals surface area contributed by atoms with Gasteiger partial charge in [-0.1, -0.05) is 47.6 Å². The highest BCUT2D eigenvalue weighted by Gasteiger charge is 2.44. The zero-order valence-corrected chi connectivity index (χ0v) is 24.2. The lowest BCUT2D eigenvalue weighted by Crippen LogP contribution is -2.48. The predicted molar refractivity (Wildman–Crippen MR) is 163 cm³/mol. The first-order valence-electron chi connectivity index (χ1n) is 14.2. The van der Waals surface area contributed by atoms with Gasteiger partial charge in [0.15, 0.2) is 5.66 Å². The largest absolute Gasteiger partial charge is 0.491 e. The van der Waals surface area contributed by atoms with Gasteiger partial charge >= 0.3 is 0 Å². The van der Waals surface area contributed by atoms with Crippen molar-refractivity contribution < 1.29 is 14.4 Å². The molecule has 2 aromatic heterocycles. The van der Waals surface area contributed by atoms with Gasteiger partial charge in [0.25, 0.3) is 0 Å². The molecule has 1 fully saturated rings. The third kappa shape index (κ3) is 5.43. The number of nitrogens with one attached hydrogen (secondary N) is 2. The van der Waals surface area contributed by atoms with Crippen LogP contribution in [0.5, 0.6) is 5.75 Å². The summed E-state index contributed by atoms with van der Waals surface area (Å²) in [4.78, 5) is 13.9. The Morgan fingerprint density at radius 3 is 2.43 bits per heavy atom. The van der Waals surface area contributed by atoms with E-state index in [1.165, 1.54) is 0 Å². The van der Waals surface area contributed by atoms with Gasteiger partial charge in [-0.25, -0.2) is 4.98 Å². The van der Waals surface area contributed by atoms with Crippen LogP contribution in [0, 0.1) is 6.92 Å². The van der Waals surface area contributed by atoms with Crippen molar-refractivity contribution in [3.63, 3.8) is 0 Å². The molecule has 2 aliphatic heterocycles. The van der Waals surface area contributed by atoms with E-state index in [2.05, 4.69) is 42.7 Å². The minimum absolute atomic E-state index is 0.245. The molecule has 0 bridgehead atoms. The Balaban J connectivity index is 0.933. The van der Waals surface area contributed by atoms with Gasteiger partial charge in [-0.05, 0) is 31.2 Å². The van der Waals surface area contributed by atoms with Gasteiger partial charge in [0.2, 0.25) is 11.7 Å². The molecule has 0 saturated carbocycles. The first-order chi connectivity index (χ1) is 20.5. The summed E-state index contributed by atoms with van der Waals surface area (Å²) in [6.45, 7) is 6.75. The van der Waals surface area contributed by atoms with Crippen LogP contribution in [-0.2, 0) is 12.2 Å². The van der Waals surface area contributed by atoms with Gasteiger partial charge in [-0.3, -0.25) is 9.80 Å². The molecule has 1 unspecified atom stereocenters. The van der Waals surface area contributed by atoms with Gasteiger partial charge in [-0.15, -0.1) is 11.3 Å². The van der Waals surface area contributed by atoms with E-state index in [0.717, 1.165) is 64.1 Å². The summed E-state index contributed by atoms with van der Waals surface area (Å²) >= 11 is 1.67. The van der Waals surface area contributed by atoms with E-state index >= 15 is 0 Å². The second-order valence-electron chi connectivity index (χ2n) is 10.8. The van der Waals surface area contributed by atoms with Crippen molar-refractivity contribution in [2.75, 3.05) is 50.0 Å². The Kier molecular flexibility index (Phi) is 7.24. The minimum atomic E-state index is -0.811. The molecule has 216 valence electrons. The van der Waals surface area contributed by atoms with Crippen molar-refractivity contribution >= 4 is 32.9 Å². The highest BCUT2D eigenvalue weighted by molar-refractivity contribution is 7.18. The van der Waals surface area contributed by atoms with Crippen molar-refractivity contribution in [1.82, 2.24) is 24.9 Å². The third-order valence-corrected chi connectivity index (χ3v) is 8.73. The van der Waals surface area contributed by atoms with Crippen LogP contribution in [0.4, 0.5) is 11.4 Å². The Hall–Kier alpha value is -4.03. The number of piperazine rings is 1. The SMILES string of the molecule is Cc1nc2cc(OCC(O)CN3CCN(Cc4nc(C5(c6ccccc6)Nc6ccccc6N5)no4)CC3)ccc2s1. The summed E-state index contributed by atoms with van der Waals surface area (Å²) in [7, 11) is 0. The number of rotatable bonds is 9. The Morgan fingerprint density at radius 2 is 1.67 bits per heavy atom. The first-order valence-corrected chi connectivity index (χ1v) is 15.0. The molecule has 0 aliphatic carbocycles. The zero-order valence-electron chi connectivity index (χ0n) is 23.4. The van der Waals surface area contributed by atoms with E-state index in [4.69, 9.17) is 14.2 Å². The van der Waals surface area contributed by atoms with E-state index < -0.39 is 11.8 Å². The fourth-order valence-corrected chi connectivity index (χ4v) is 6.47. The number of fused-ring (bicyclic) bond motifs is 2. The number of hydrogen-bond acceptors (Lipinski definition) is 11. The smallest absolute Gasteiger partial charge is 0.240 e. The molecule has 10 nitrogen and oxygen atoms in total. The number of aliphatic hydroxyl groups excluding tert-OH is 1. The maximum Gasteiger partial charge on any atom is 0.240 e. The molecule has 7 rings (SSSR count). The molecule has 4 heterocycles. The number of anilines is 2. The summed E-state index contributed by atoms with van der Waals surface area (Å²) in [5.74, 6) is 1.86. The summed E-state index contributed by atoms with van der Waals surface area (Å²) in [6, 6.07) is 24.1. The van der Waals surface area contributed by atoms with Crippen LogP contribution in [0.15, 0.2) is 77.3 Å². The number of nitrogens with zero attached hydrogens (tertiary/aromatic N) is 5. The Bertz CT molecular complexity index is 1640. The molecule has 1 saturated heterocycles. The van der Waals surface area contributed by atoms with E-state index in [-0.39, 0.29) is 6.61 Å². The van der Waals surface area contributed by atoms with Crippen LogP contribution in [0.25, 0.3) is 10.2 Å². The van der Waals surface area contributed by atoms with E-state index in [1.807, 2.05) is 67.6 Å². The molecule has 11 heteroatoms. The second kappa shape index (κ2) is 11.3. The van der Waals surface area contributed by atoms with Crippen LogP contribution in [0.2, 0.25) is 0 Å². The molecular formula is C31H33N7O3S. The molecule has 0 spiro atoms. The number of aryl methyl sites for hydroxylation is 1. The van der Waals surface area contributed by atoms with Gasteiger partial charge in [0, 0.05) is 44.4 Å². The quantitative estimate of drug-likeness (QED) is 0.232. The van der Waals surface area contributed by atoms with Crippen molar-refractivity contribution in [1.29, 1.82) is 0 Å². The molecule has 1 atom stereocenters. The number of benzene rings is 3. The van der Waals surface area contributed by atoms with Crippen molar-refractivity contribution in [2.45, 2.75) is 25.2 Å². The number of β-amino-alcohol motifs (C(OH)–C–C–N with tert-alkyl or cyclic N) is 1. The van der Waals surface area contributed by atoms with Gasteiger partial charge in [0.05, 0.1) is 33.1 Å². The fraction of sp³-hybridized carbons (Fsp3) is 0.323. The maximum absolute atomic E-state index is 10.6. The van der Waals surface area contributed by atoms with Crippen LogP contribution >= 0.6 is 11.3 Å². The third-order valence-electron chi connectivity index (χ3n) is 7.78. The monoisotopic (exact) mass is 583 g/mol. The lowest BCUT2D eigenvalue weighted by Gasteiger charge is -2.34. The number of aliphatic hydroxyl groups is 1. The second-order valence-corrected chi connectivity index (χ2v) is 12.1. The van der Waals surface area contributed by atoms with Crippen LogP contribution in [0.3, 0.4) is 0 Å². The molecule has 2 aliphatic rings. The minimum Gasteiger partial charge on any atom is -0.491 e. The van der Waals surface area contributed by atoms with Crippen LogP contribution in [-0.4, -0.2) is 75.5 Å². The lowest BCUT2D eigenvalue weighted by atomic mass is 9.99. The predicted octanol–water partition coefficient (Wildman–Crippen LogP) is 4.28. The van der Waals surface area contributed by atoms with Crippen LogP contribution < -0.4 is 15.4 Å². The normalized spacial score (nSPS) is 17.5. The van der Waals surface area contributed by atoms with E-state index in [9.17, 15) is 5.11 Å². The average Bonchev–Trinajstić information content (AvgIpc) is 3.74. The summed E-state index contributed by atoms with van der Waals surface area (Å²) in [5, 5.41) is 23.3. The van der Waals surface area contributed by atoms with Gasteiger partial charge < -0.3 is 25.0 Å². The molecule has 5 aromatic rings. The molecule has 3 aromatic carbocycles. The van der Waals surface area contributed by atoms with Gasteiger partial charge in [-0.2, -0.15) is 4.98 Å². The van der Waals surface area contributed by atoms with E-state index in [1.54, 1.807) is 11.3 Å². The van der Waals surface area contributed by atoms with Crippen LogP contribution in [0.1, 0.15) is 22.3 Å². The lowest BCUT2D eigenvalue weighted by molar-refractivity contribution is 0.0426. The highest BCUT2D eigenvalue weighted by atomic mass is 32.1. The molecular weight excluding hydrogens is 550 g/mol. The van der Waals surface area contributed by atoms with Crippen molar-refractivity contribution in [3.8, 4) is 5.75 Å². The summed E-state index contributed by atoms with van der Waals surface area (Å²) in [5.41, 5.74) is 3.11. The Labute approximate surface area is 247 Å². The summed E-state index contributed by atoms with van der Waals surface area (Å²) < 4.78 is 12.8. The van der Waals surface area contributed by atoms with Crippen molar-refractivity contribution in [2.24, 2.45) is 0 Å². The highest BCUT2D eigenvalue weighted by Crippen LogP contribution is 2.42. The first kappa shape index (κ1) is 26.8. The molecule has 0 amide bonds. The topological polar surface area (TPSA) is 112 Å². The van der Waals surface area contributed by atoms with E-state index in [0.29, 0.717) is 24.8 Å². The average molecular weight is 584 g/mol. The zero-order chi connectivity index (χ0) is 28.5. The Morgan fingerprint density at radius 1 is 0.952 bits per heavy atom. The number of aromatic nitrogens is 3. The molecule has 0 radical (unpaired) electrons. The number of para-hydroxylation sites is 2. The maximum atomic E-state index is 10.6. The fourth-order valence-electron chi connectivity index (χ4n) is 5.66. The number of hydrogen-bond donors (Lipinski definition) is 3.